The zero-order valence-electron chi connectivity index (χ0n) is 16.2. The summed E-state index contributed by atoms with van der Waals surface area (Å²) in [4.78, 5) is 21.6. The van der Waals surface area contributed by atoms with Gasteiger partial charge in [0, 0.05) is 36.1 Å². The van der Waals surface area contributed by atoms with Crippen molar-refractivity contribution in [2.24, 2.45) is 0 Å². The fourth-order valence-electron chi connectivity index (χ4n) is 3.10. The molecule has 6 heteroatoms. The van der Waals surface area contributed by atoms with Crippen molar-refractivity contribution in [2.45, 2.75) is 46.2 Å². The van der Waals surface area contributed by atoms with Crippen LogP contribution in [0.5, 0.6) is 0 Å². The number of hydrogen-bond acceptors (Lipinski definition) is 4. The third-order valence-electron chi connectivity index (χ3n) is 4.45. The Morgan fingerprint density at radius 1 is 1.07 bits per heavy atom. The van der Waals surface area contributed by atoms with Crippen LogP contribution in [-0.2, 0) is 19.5 Å². The van der Waals surface area contributed by atoms with E-state index in [1.165, 1.54) is 5.56 Å². The fraction of sp³-hybridized carbons (Fsp3) is 0.381. The van der Waals surface area contributed by atoms with Gasteiger partial charge in [0.25, 0.3) is 5.56 Å². The highest BCUT2D eigenvalue weighted by molar-refractivity contribution is 5.55. The number of rotatable bonds is 8. The second kappa shape index (κ2) is 8.77. The van der Waals surface area contributed by atoms with Crippen LogP contribution in [0, 0.1) is 6.92 Å². The average Bonchev–Trinajstić information content (AvgIpc) is 3.04. The SMILES string of the molecule is CCCCc1cc(=O)[nH]c(-c2ccc(CN(C)Cc3cc(C)[nH]n3)cc2)n1. The maximum Gasteiger partial charge on any atom is 0.251 e. The lowest BCUT2D eigenvalue weighted by atomic mass is 10.1. The van der Waals surface area contributed by atoms with Gasteiger partial charge in [-0.15, -0.1) is 0 Å². The maximum absolute atomic E-state index is 11.9. The van der Waals surface area contributed by atoms with E-state index in [0.717, 1.165) is 55.0 Å². The lowest BCUT2D eigenvalue weighted by Gasteiger charge is -2.15. The van der Waals surface area contributed by atoms with E-state index in [2.05, 4.69) is 57.2 Å². The van der Waals surface area contributed by atoms with E-state index >= 15 is 0 Å². The predicted molar refractivity (Wildman–Crippen MR) is 107 cm³/mol. The Balaban J connectivity index is 1.68. The topological polar surface area (TPSA) is 77.7 Å². The highest BCUT2D eigenvalue weighted by Crippen LogP contribution is 2.16. The van der Waals surface area contributed by atoms with Crippen LogP contribution in [0.1, 0.15) is 42.4 Å². The fourth-order valence-corrected chi connectivity index (χ4v) is 3.10. The highest BCUT2D eigenvalue weighted by Gasteiger charge is 2.07. The summed E-state index contributed by atoms with van der Waals surface area (Å²) in [6.07, 6.45) is 2.96. The molecule has 0 spiro atoms. The Labute approximate surface area is 159 Å². The molecule has 0 aliphatic rings. The van der Waals surface area contributed by atoms with E-state index in [1.54, 1.807) is 6.07 Å². The van der Waals surface area contributed by atoms with Gasteiger partial charge in [-0.1, -0.05) is 37.6 Å². The number of hydrogen-bond donors (Lipinski definition) is 2. The quantitative estimate of drug-likeness (QED) is 0.641. The van der Waals surface area contributed by atoms with Crippen molar-refractivity contribution in [1.29, 1.82) is 0 Å². The molecule has 3 aromatic rings. The lowest BCUT2D eigenvalue weighted by molar-refractivity contribution is 0.315. The number of aromatic nitrogens is 4. The first-order chi connectivity index (χ1) is 13.0. The Kier molecular flexibility index (Phi) is 6.19. The van der Waals surface area contributed by atoms with Crippen molar-refractivity contribution < 1.29 is 0 Å². The van der Waals surface area contributed by atoms with E-state index in [1.807, 2.05) is 19.1 Å². The molecule has 3 rings (SSSR count). The van der Waals surface area contributed by atoms with Crippen molar-refractivity contribution in [3.05, 3.63) is 69.4 Å². The summed E-state index contributed by atoms with van der Waals surface area (Å²) in [6, 6.07) is 11.9. The van der Waals surface area contributed by atoms with Gasteiger partial charge in [-0.2, -0.15) is 5.10 Å². The van der Waals surface area contributed by atoms with E-state index in [9.17, 15) is 4.79 Å². The number of aromatic amines is 2. The number of benzene rings is 1. The molecular formula is C21H27N5O. The van der Waals surface area contributed by atoms with Crippen LogP contribution >= 0.6 is 0 Å². The second-order valence-electron chi connectivity index (χ2n) is 7.10. The molecule has 0 aliphatic carbocycles. The Morgan fingerprint density at radius 2 is 1.85 bits per heavy atom. The molecule has 0 fully saturated rings. The van der Waals surface area contributed by atoms with Crippen LogP contribution in [0.3, 0.4) is 0 Å². The number of aryl methyl sites for hydroxylation is 2. The van der Waals surface area contributed by atoms with Crippen LogP contribution in [0.25, 0.3) is 11.4 Å². The van der Waals surface area contributed by atoms with Gasteiger partial charge in [-0.25, -0.2) is 4.98 Å². The van der Waals surface area contributed by atoms with Gasteiger partial charge in [0.15, 0.2) is 0 Å². The van der Waals surface area contributed by atoms with E-state index in [-0.39, 0.29) is 5.56 Å². The van der Waals surface area contributed by atoms with Crippen molar-refractivity contribution in [3.63, 3.8) is 0 Å². The van der Waals surface area contributed by atoms with Gasteiger partial charge in [-0.3, -0.25) is 14.8 Å². The predicted octanol–water partition coefficient (Wildman–Crippen LogP) is 3.44. The first-order valence-corrected chi connectivity index (χ1v) is 9.42. The van der Waals surface area contributed by atoms with Gasteiger partial charge in [0.2, 0.25) is 0 Å². The van der Waals surface area contributed by atoms with Crippen molar-refractivity contribution in [2.75, 3.05) is 7.05 Å². The first kappa shape index (κ1) is 19.0. The summed E-state index contributed by atoms with van der Waals surface area (Å²) in [5.74, 6) is 0.639. The molecule has 142 valence electrons. The van der Waals surface area contributed by atoms with Gasteiger partial charge < -0.3 is 4.98 Å². The molecule has 0 bridgehead atoms. The van der Waals surface area contributed by atoms with E-state index in [0.29, 0.717) is 5.82 Å². The van der Waals surface area contributed by atoms with E-state index in [4.69, 9.17) is 0 Å². The third-order valence-corrected chi connectivity index (χ3v) is 4.45. The molecule has 2 heterocycles. The summed E-state index contributed by atoms with van der Waals surface area (Å²) in [5.41, 5.74) is 5.01. The van der Waals surface area contributed by atoms with Crippen LogP contribution in [0.15, 0.2) is 41.2 Å². The molecule has 0 aliphatic heterocycles. The largest absolute Gasteiger partial charge is 0.307 e. The smallest absolute Gasteiger partial charge is 0.251 e. The molecule has 27 heavy (non-hydrogen) atoms. The minimum atomic E-state index is -0.0933. The number of nitrogens with one attached hydrogen (secondary N) is 2. The Hall–Kier alpha value is -2.73. The summed E-state index contributed by atoms with van der Waals surface area (Å²) >= 11 is 0. The number of nitrogens with zero attached hydrogens (tertiary/aromatic N) is 3. The van der Waals surface area contributed by atoms with E-state index < -0.39 is 0 Å². The molecular weight excluding hydrogens is 338 g/mol. The standard InChI is InChI=1S/C21H27N5O/c1-4-5-6-18-12-20(27)23-21(22-18)17-9-7-16(8-10-17)13-26(3)14-19-11-15(2)24-25-19/h7-12H,4-6,13-14H2,1-3H3,(H,24,25)(H,22,23,27). The second-order valence-corrected chi connectivity index (χ2v) is 7.10. The van der Waals surface area contributed by atoms with Crippen molar-refractivity contribution in [3.8, 4) is 11.4 Å². The van der Waals surface area contributed by atoms with Gasteiger partial charge in [0.1, 0.15) is 5.82 Å². The monoisotopic (exact) mass is 365 g/mol. The van der Waals surface area contributed by atoms with Crippen LogP contribution in [-0.4, -0.2) is 32.1 Å². The molecule has 0 saturated carbocycles. The molecule has 0 amide bonds. The zero-order chi connectivity index (χ0) is 19.2. The highest BCUT2D eigenvalue weighted by atomic mass is 16.1. The molecule has 0 saturated heterocycles. The lowest BCUT2D eigenvalue weighted by Crippen LogP contribution is -2.17. The van der Waals surface area contributed by atoms with Crippen LogP contribution < -0.4 is 5.56 Å². The number of unbranched alkanes of at least 4 members (excludes halogenated alkanes) is 1. The van der Waals surface area contributed by atoms with Crippen molar-refractivity contribution in [1.82, 2.24) is 25.1 Å². The Morgan fingerprint density at radius 3 is 2.52 bits per heavy atom. The van der Waals surface area contributed by atoms with Gasteiger partial charge in [0.05, 0.1) is 5.69 Å². The minimum Gasteiger partial charge on any atom is -0.307 e. The normalized spacial score (nSPS) is 11.3. The third kappa shape index (κ3) is 5.37. The molecule has 2 aromatic heterocycles. The summed E-state index contributed by atoms with van der Waals surface area (Å²) in [5, 5.41) is 7.25. The molecule has 0 radical (unpaired) electrons. The molecule has 0 atom stereocenters. The molecule has 6 nitrogen and oxygen atoms in total. The maximum atomic E-state index is 11.9. The molecule has 1 aromatic carbocycles. The average molecular weight is 365 g/mol. The summed E-state index contributed by atoms with van der Waals surface area (Å²) in [7, 11) is 2.08. The minimum absolute atomic E-state index is 0.0933. The van der Waals surface area contributed by atoms with Crippen molar-refractivity contribution >= 4 is 0 Å². The first-order valence-electron chi connectivity index (χ1n) is 9.42. The van der Waals surface area contributed by atoms with Gasteiger partial charge >= 0.3 is 0 Å². The molecule has 0 unspecified atom stereocenters. The van der Waals surface area contributed by atoms with Gasteiger partial charge in [-0.05, 0) is 38.4 Å². The Bertz CT molecular complexity index is 926. The van der Waals surface area contributed by atoms with Crippen LogP contribution in [0.2, 0.25) is 0 Å². The number of H-pyrrole nitrogens is 2. The molecule has 2 N–H and O–H groups in total. The summed E-state index contributed by atoms with van der Waals surface area (Å²) in [6.45, 7) is 5.76. The van der Waals surface area contributed by atoms with Crippen LogP contribution in [0.4, 0.5) is 0 Å². The summed E-state index contributed by atoms with van der Waals surface area (Å²) < 4.78 is 0. The zero-order valence-corrected chi connectivity index (χ0v) is 16.2.